The molecule has 0 aliphatic carbocycles. The number of esters is 1. The molecule has 1 amide bonds. The first-order valence-corrected chi connectivity index (χ1v) is 7.70. The summed E-state index contributed by atoms with van der Waals surface area (Å²) in [5.74, 6) is -1.40. The molecule has 7 heteroatoms. The first-order valence-electron chi connectivity index (χ1n) is 7.70. The van der Waals surface area contributed by atoms with Crippen LogP contribution in [-0.2, 0) is 16.1 Å². The Hall–Kier alpha value is -2.96. The molecule has 1 aromatic heterocycles. The summed E-state index contributed by atoms with van der Waals surface area (Å²) in [7, 11) is 3.22. The van der Waals surface area contributed by atoms with Crippen LogP contribution < -0.4 is 5.43 Å². The van der Waals surface area contributed by atoms with Crippen LogP contribution in [0.5, 0.6) is 0 Å². The van der Waals surface area contributed by atoms with Crippen LogP contribution >= 0.6 is 0 Å². The van der Waals surface area contributed by atoms with Gasteiger partial charge in [-0.25, -0.2) is 9.18 Å². The minimum absolute atomic E-state index is 0.0477. The number of hydrogen-bond donors (Lipinski definition) is 0. The van der Waals surface area contributed by atoms with Crippen LogP contribution in [0.25, 0.3) is 11.1 Å². The first kappa shape index (κ1) is 18.4. The number of halogens is 1. The fraction of sp³-hybridized carbons (Fsp3) is 0.278. The van der Waals surface area contributed by atoms with E-state index in [1.165, 1.54) is 46.1 Å². The number of pyridine rings is 1. The van der Waals surface area contributed by atoms with Gasteiger partial charge in [0.2, 0.25) is 11.3 Å². The summed E-state index contributed by atoms with van der Waals surface area (Å²) in [4.78, 5) is 38.1. The monoisotopic (exact) mass is 346 g/mol. The second-order valence-electron chi connectivity index (χ2n) is 5.60. The van der Waals surface area contributed by atoms with Gasteiger partial charge in [-0.3, -0.25) is 9.59 Å². The minimum atomic E-state index is -0.762. The van der Waals surface area contributed by atoms with Crippen molar-refractivity contribution in [2.45, 2.75) is 13.5 Å². The molecule has 0 N–H and O–H groups in total. The highest BCUT2D eigenvalue weighted by Crippen LogP contribution is 2.17. The molecule has 0 aliphatic rings. The number of aromatic nitrogens is 1. The van der Waals surface area contributed by atoms with E-state index in [0.29, 0.717) is 5.56 Å². The van der Waals surface area contributed by atoms with Crippen molar-refractivity contribution in [3.8, 4) is 11.1 Å². The number of hydrogen-bond acceptors (Lipinski definition) is 4. The van der Waals surface area contributed by atoms with Crippen LogP contribution in [0.2, 0.25) is 0 Å². The third kappa shape index (κ3) is 4.32. The van der Waals surface area contributed by atoms with Crippen LogP contribution in [-0.4, -0.2) is 42.0 Å². The molecule has 0 unspecified atom stereocenters. The predicted octanol–water partition coefficient (Wildman–Crippen LogP) is 1.92. The van der Waals surface area contributed by atoms with Gasteiger partial charge in [0, 0.05) is 32.1 Å². The lowest BCUT2D eigenvalue weighted by atomic mass is 10.0. The minimum Gasteiger partial charge on any atom is -0.462 e. The lowest BCUT2D eigenvalue weighted by Gasteiger charge is -2.14. The molecule has 0 aliphatic heterocycles. The number of benzene rings is 1. The Morgan fingerprint density at radius 2 is 1.80 bits per heavy atom. The summed E-state index contributed by atoms with van der Waals surface area (Å²) in [6.07, 6.45) is 2.77. The Morgan fingerprint density at radius 3 is 2.36 bits per heavy atom. The largest absolute Gasteiger partial charge is 0.462 e. The summed E-state index contributed by atoms with van der Waals surface area (Å²) in [5.41, 5.74) is -0.0606. The first-order chi connectivity index (χ1) is 11.8. The third-order valence-electron chi connectivity index (χ3n) is 3.55. The molecule has 0 saturated carbocycles. The van der Waals surface area contributed by atoms with E-state index >= 15 is 0 Å². The Kier molecular flexibility index (Phi) is 5.69. The maximum Gasteiger partial charge on any atom is 0.343 e. The van der Waals surface area contributed by atoms with E-state index in [0.717, 1.165) is 0 Å². The van der Waals surface area contributed by atoms with Gasteiger partial charge in [-0.15, -0.1) is 0 Å². The average molecular weight is 346 g/mol. The average Bonchev–Trinajstić information content (AvgIpc) is 2.57. The van der Waals surface area contributed by atoms with Crippen molar-refractivity contribution >= 4 is 11.9 Å². The highest BCUT2D eigenvalue weighted by molar-refractivity contribution is 5.90. The standard InChI is InChI=1S/C18H19FN2O4/c1-4-25-18(24)15-10-21(11-16(22)20(2)3)9-14(17(15)23)12-5-7-13(19)8-6-12/h5-10H,4,11H2,1-3H3. The lowest BCUT2D eigenvalue weighted by Crippen LogP contribution is -2.28. The van der Waals surface area contributed by atoms with Gasteiger partial charge in [0.15, 0.2) is 0 Å². The van der Waals surface area contributed by atoms with E-state index in [2.05, 4.69) is 0 Å². The van der Waals surface area contributed by atoms with Gasteiger partial charge in [-0.2, -0.15) is 0 Å². The van der Waals surface area contributed by atoms with Crippen LogP contribution in [0, 0.1) is 5.82 Å². The molecule has 0 spiro atoms. The van der Waals surface area contributed by atoms with E-state index < -0.39 is 17.2 Å². The molecular weight excluding hydrogens is 327 g/mol. The normalized spacial score (nSPS) is 10.4. The SMILES string of the molecule is CCOC(=O)c1cn(CC(=O)N(C)C)cc(-c2ccc(F)cc2)c1=O. The number of likely N-dealkylation sites (N-methyl/N-ethyl adjacent to an activating group) is 1. The molecule has 0 atom stereocenters. The van der Waals surface area contributed by atoms with Crippen LogP contribution in [0.1, 0.15) is 17.3 Å². The van der Waals surface area contributed by atoms with Gasteiger partial charge < -0.3 is 14.2 Å². The highest BCUT2D eigenvalue weighted by Gasteiger charge is 2.18. The molecular formula is C18H19FN2O4. The van der Waals surface area contributed by atoms with Gasteiger partial charge in [0.1, 0.15) is 17.9 Å². The van der Waals surface area contributed by atoms with Crippen molar-refractivity contribution in [2.24, 2.45) is 0 Å². The number of ether oxygens (including phenoxy) is 1. The molecule has 0 bridgehead atoms. The molecule has 2 aromatic rings. The maximum atomic E-state index is 13.1. The number of amides is 1. The van der Waals surface area contributed by atoms with Crippen molar-refractivity contribution < 1.29 is 18.7 Å². The van der Waals surface area contributed by atoms with E-state index in [9.17, 15) is 18.8 Å². The van der Waals surface area contributed by atoms with Gasteiger partial charge in [0.05, 0.1) is 6.61 Å². The predicted molar refractivity (Wildman–Crippen MR) is 90.7 cm³/mol. The Bertz CT molecular complexity index is 841. The van der Waals surface area contributed by atoms with Gasteiger partial charge in [0.25, 0.3) is 0 Å². The maximum absolute atomic E-state index is 13.1. The summed E-state index contributed by atoms with van der Waals surface area (Å²) >= 11 is 0. The molecule has 0 fully saturated rings. The summed E-state index contributed by atoms with van der Waals surface area (Å²) < 4.78 is 19.5. The zero-order valence-corrected chi connectivity index (χ0v) is 14.3. The summed E-state index contributed by atoms with van der Waals surface area (Å²) in [6, 6.07) is 5.33. The summed E-state index contributed by atoms with van der Waals surface area (Å²) in [5, 5.41) is 0. The van der Waals surface area contributed by atoms with E-state index in [1.807, 2.05) is 0 Å². The van der Waals surface area contributed by atoms with Crippen molar-refractivity contribution in [1.29, 1.82) is 0 Å². The Balaban J connectivity index is 2.58. The molecule has 6 nitrogen and oxygen atoms in total. The smallest absolute Gasteiger partial charge is 0.343 e. The van der Waals surface area contributed by atoms with Crippen molar-refractivity contribution in [2.75, 3.05) is 20.7 Å². The zero-order chi connectivity index (χ0) is 18.6. The highest BCUT2D eigenvalue weighted by atomic mass is 19.1. The second-order valence-corrected chi connectivity index (χ2v) is 5.60. The van der Waals surface area contributed by atoms with Crippen LogP contribution in [0.3, 0.4) is 0 Å². The fourth-order valence-corrected chi connectivity index (χ4v) is 2.21. The molecule has 0 radical (unpaired) electrons. The number of carbonyl (C=O) groups is 2. The van der Waals surface area contributed by atoms with Gasteiger partial charge in [-0.05, 0) is 24.6 Å². The third-order valence-corrected chi connectivity index (χ3v) is 3.55. The van der Waals surface area contributed by atoms with Crippen molar-refractivity contribution in [1.82, 2.24) is 9.47 Å². The fourth-order valence-electron chi connectivity index (χ4n) is 2.21. The molecule has 25 heavy (non-hydrogen) atoms. The molecule has 2 rings (SSSR count). The van der Waals surface area contributed by atoms with E-state index in [-0.39, 0.29) is 30.2 Å². The van der Waals surface area contributed by atoms with Gasteiger partial charge in [-0.1, -0.05) is 12.1 Å². The quantitative estimate of drug-likeness (QED) is 0.776. The van der Waals surface area contributed by atoms with Crippen molar-refractivity contribution in [3.63, 3.8) is 0 Å². The number of rotatable bonds is 5. The van der Waals surface area contributed by atoms with E-state index in [4.69, 9.17) is 4.74 Å². The Morgan fingerprint density at radius 1 is 1.16 bits per heavy atom. The molecule has 132 valence electrons. The summed E-state index contributed by atoms with van der Waals surface area (Å²) in [6.45, 7) is 1.71. The topological polar surface area (TPSA) is 68.6 Å². The van der Waals surface area contributed by atoms with Gasteiger partial charge >= 0.3 is 5.97 Å². The molecule has 0 saturated heterocycles. The van der Waals surface area contributed by atoms with Crippen LogP contribution in [0.4, 0.5) is 4.39 Å². The Labute approximate surface area is 144 Å². The van der Waals surface area contributed by atoms with E-state index in [1.54, 1.807) is 21.0 Å². The number of carbonyl (C=O) groups excluding carboxylic acids is 2. The zero-order valence-electron chi connectivity index (χ0n) is 14.3. The molecule has 1 heterocycles. The van der Waals surface area contributed by atoms with Crippen LogP contribution in [0.15, 0.2) is 41.5 Å². The molecule has 1 aromatic carbocycles. The number of nitrogens with zero attached hydrogens (tertiary/aromatic N) is 2. The van der Waals surface area contributed by atoms with Crippen molar-refractivity contribution in [3.05, 3.63) is 58.3 Å². The lowest BCUT2D eigenvalue weighted by molar-refractivity contribution is -0.129. The second kappa shape index (κ2) is 7.74.